The number of carbonyl (C=O) groups excluding carboxylic acids is 2. The van der Waals surface area contributed by atoms with Crippen molar-refractivity contribution in [3.05, 3.63) is 0 Å². The molecule has 1 rings (SSSR count). The normalized spacial score (nSPS) is 22.9. The first kappa shape index (κ1) is 16.0. The number of hydrogen-bond acceptors (Lipinski definition) is 4. The van der Waals surface area contributed by atoms with Crippen molar-refractivity contribution in [1.82, 2.24) is 10.6 Å². The Morgan fingerprint density at radius 2 is 2.00 bits per heavy atom. The smallest absolute Gasteiger partial charge is 0.325 e. The van der Waals surface area contributed by atoms with Gasteiger partial charge in [-0.25, -0.2) is 0 Å². The van der Waals surface area contributed by atoms with E-state index in [1.54, 1.807) is 6.92 Å². The topological polar surface area (TPSA) is 67.4 Å². The van der Waals surface area contributed by atoms with Crippen LogP contribution in [0.3, 0.4) is 0 Å². The van der Waals surface area contributed by atoms with E-state index in [1.165, 1.54) is 19.3 Å². The molecule has 0 aromatic heterocycles. The van der Waals surface area contributed by atoms with Crippen molar-refractivity contribution in [3.63, 3.8) is 0 Å². The number of rotatable bonds is 8. The quantitative estimate of drug-likeness (QED) is 0.516. The molecule has 1 aliphatic heterocycles. The Balaban J connectivity index is 2.39. The summed E-state index contributed by atoms with van der Waals surface area (Å²) in [6, 6.07) is -0.536. The van der Waals surface area contributed by atoms with Crippen molar-refractivity contribution in [3.8, 4) is 0 Å². The van der Waals surface area contributed by atoms with Crippen LogP contribution in [0.4, 0.5) is 0 Å². The van der Waals surface area contributed by atoms with Gasteiger partial charge < -0.3 is 10.1 Å². The molecule has 0 saturated carbocycles. The molecule has 0 spiro atoms. The van der Waals surface area contributed by atoms with Crippen LogP contribution in [0.1, 0.15) is 52.4 Å². The second kappa shape index (κ2) is 8.91. The SMILES string of the molecule is CCCCCCCC1NC(=O)CNC1C(=O)OCC. The Morgan fingerprint density at radius 3 is 2.68 bits per heavy atom. The monoisotopic (exact) mass is 270 g/mol. The van der Waals surface area contributed by atoms with E-state index in [-0.39, 0.29) is 24.5 Å². The molecule has 1 saturated heterocycles. The molecule has 0 aromatic rings. The molecule has 2 N–H and O–H groups in total. The maximum absolute atomic E-state index is 11.8. The average Bonchev–Trinajstić information content (AvgIpc) is 2.39. The number of piperazine rings is 1. The van der Waals surface area contributed by atoms with E-state index in [9.17, 15) is 9.59 Å². The van der Waals surface area contributed by atoms with Crippen molar-refractivity contribution >= 4 is 11.9 Å². The minimum Gasteiger partial charge on any atom is -0.465 e. The van der Waals surface area contributed by atoms with E-state index in [4.69, 9.17) is 4.74 Å². The van der Waals surface area contributed by atoms with Crippen molar-refractivity contribution in [2.24, 2.45) is 0 Å². The number of hydrogen-bond donors (Lipinski definition) is 2. The molecule has 2 unspecified atom stereocenters. The van der Waals surface area contributed by atoms with Crippen LogP contribution in [0.15, 0.2) is 0 Å². The van der Waals surface area contributed by atoms with Gasteiger partial charge in [-0.2, -0.15) is 0 Å². The lowest BCUT2D eigenvalue weighted by Crippen LogP contribution is -2.62. The van der Waals surface area contributed by atoms with Gasteiger partial charge in [0.25, 0.3) is 0 Å². The largest absolute Gasteiger partial charge is 0.465 e. The second-order valence-corrected chi connectivity index (χ2v) is 4.99. The Kier molecular flexibility index (Phi) is 7.48. The molecule has 0 aliphatic carbocycles. The van der Waals surface area contributed by atoms with Gasteiger partial charge in [-0.3, -0.25) is 14.9 Å². The van der Waals surface area contributed by atoms with E-state index in [0.29, 0.717) is 6.61 Å². The van der Waals surface area contributed by atoms with Crippen LogP contribution < -0.4 is 10.6 Å². The summed E-state index contributed by atoms with van der Waals surface area (Å²) in [7, 11) is 0. The number of amides is 1. The molecular formula is C14H26N2O3. The van der Waals surface area contributed by atoms with E-state index in [0.717, 1.165) is 19.3 Å². The average molecular weight is 270 g/mol. The highest BCUT2D eigenvalue weighted by atomic mass is 16.5. The highest BCUT2D eigenvalue weighted by Gasteiger charge is 2.33. The third-order valence-corrected chi connectivity index (χ3v) is 3.39. The molecule has 2 atom stereocenters. The van der Waals surface area contributed by atoms with Crippen LogP contribution >= 0.6 is 0 Å². The van der Waals surface area contributed by atoms with E-state index in [2.05, 4.69) is 17.6 Å². The fraction of sp³-hybridized carbons (Fsp3) is 0.857. The van der Waals surface area contributed by atoms with Crippen LogP contribution in [0.25, 0.3) is 0 Å². The Hall–Kier alpha value is -1.10. The van der Waals surface area contributed by atoms with Crippen LogP contribution in [-0.2, 0) is 14.3 Å². The summed E-state index contributed by atoms with van der Waals surface area (Å²) in [5.74, 6) is -0.305. The minimum absolute atomic E-state index is 0.0425. The summed E-state index contributed by atoms with van der Waals surface area (Å²) >= 11 is 0. The molecule has 1 heterocycles. The number of unbranched alkanes of at least 4 members (excludes halogenated alkanes) is 4. The number of ether oxygens (including phenoxy) is 1. The Morgan fingerprint density at radius 1 is 1.26 bits per heavy atom. The molecule has 1 fully saturated rings. The molecule has 5 nitrogen and oxygen atoms in total. The van der Waals surface area contributed by atoms with Gasteiger partial charge >= 0.3 is 5.97 Å². The summed E-state index contributed by atoms with van der Waals surface area (Å²) in [6.45, 7) is 4.53. The van der Waals surface area contributed by atoms with Crippen LogP contribution in [0.5, 0.6) is 0 Å². The molecule has 0 radical (unpaired) electrons. The lowest BCUT2D eigenvalue weighted by molar-refractivity contribution is -0.147. The first-order valence-electron chi connectivity index (χ1n) is 7.38. The molecule has 0 aromatic carbocycles. The predicted octanol–water partition coefficient (Wildman–Crippen LogP) is 1.37. The standard InChI is InChI=1S/C14H26N2O3/c1-3-5-6-7-8-9-11-13(14(18)19-4-2)15-10-12(17)16-11/h11,13,15H,3-10H2,1-2H3,(H,16,17). The highest BCUT2D eigenvalue weighted by Crippen LogP contribution is 2.12. The summed E-state index contributed by atoms with van der Waals surface area (Å²) < 4.78 is 5.04. The van der Waals surface area contributed by atoms with Crippen LogP contribution in [0.2, 0.25) is 0 Å². The van der Waals surface area contributed by atoms with Crippen LogP contribution in [0, 0.1) is 0 Å². The van der Waals surface area contributed by atoms with Crippen molar-refractivity contribution < 1.29 is 14.3 Å². The van der Waals surface area contributed by atoms with Crippen molar-refractivity contribution in [2.45, 2.75) is 64.5 Å². The van der Waals surface area contributed by atoms with Gasteiger partial charge in [-0.05, 0) is 13.3 Å². The molecule has 110 valence electrons. The minimum atomic E-state index is -0.399. The van der Waals surface area contributed by atoms with Gasteiger partial charge in [0.15, 0.2) is 0 Å². The first-order valence-corrected chi connectivity index (χ1v) is 7.38. The van der Waals surface area contributed by atoms with Crippen molar-refractivity contribution in [1.29, 1.82) is 0 Å². The van der Waals surface area contributed by atoms with E-state index in [1.807, 2.05) is 0 Å². The molecule has 0 bridgehead atoms. The van der Waals surface area contributed by atoms with Gasteiger partial charge in [0, 0.05) is 0 Å². The number of esters is 1. The lowest BCUT2D eigenvalue weighted by Gasteiger charge is -2.31. The molecule has 19 heavy (non-hydrogen) atoms. The fourth-order valence-corrected chi connectivity index (χ4v) is 2.37. The third kappa shape index (κ3) is 5.59. The summed E-state index contributed by atoms with van der Waals surface area (Å²) in [6.07, 6.45) is 6.68. The fourth-order valence-electron chi connectivity index (χ4n) is 2.37. The molecular weight excluding hydrogens is 244 g/mol. The second-order valence-electron chi connectivity index (χ2n) is 4.99. The third-order valence-electron chi connectivity index (χ3n) is 3.39. The van der Waals surface area contributed by atoms with Gasteiger partial charge in [0.05, 0.1) is 19.2 Å². The van der Waals surface area contributed by atoms with Gasteiger partial charge in [-0.1, -0.05) is 39.0 Å². The lowest BCUT2D eigenvalue weighted by atomic mass is 9.98. The summed E-state index contributed by atoms with van der Waals surface area (Å²) in [4.78, 5) is 23.2. The Bertz CT molecular complexity index is 294. The maximum atomic E-state index is 11.8. The highest BCUT2D eigenvalue weighted by molar-refractivity contribution is 5.84. The first-order chi connectivity index (χ1) is 9.19. The zero-order valence-corrected chi connectivity index (χ0v) is 12.0. The predicted molar refractivity (Wildman–Crippen MR) is 73.7 cm³/mol. The van der Waals surface area contributed by atoms with Gasteiger partial charge in [0.1, 0.15) is 6.04 Å². The van der Waals surface area contributed by atoms with E-state index < -0.39 is 6.04 Å². The molecule has 1 amide bonds. The molecule has 5 heteroatoms. The summed E-state index contributed by atoms with van der Waals surface area (Å²) in [5.41, 5.74) is 0. The number of nitrogens with one attached hydrogen (secondary N) is 2. The Labute approximate surface area is 115 Å². The number of carbonyl (C=O) groups is 2. The van der Waals surface area contributed by atoms with Gasteiger partial charge in [-0.15, -0.1) is 0 Å². The zero-order chi connectivity index (χ0) is 14.1. The zero-order valence-electron chi connectivity index (χ0n) is 12.0. The van der Waals surface area contributed by atoms with Crippen LogP contribution in [-0.4, -0.2) is 37.1 Å². The maximum Gasteiger partial charge on any atom is 0.325 e. The molecule has 1 aliphatic rings. The van der Waals surface area contributed by atoms with Gasteiger partial charge in [0.2, 0.25) is 5.91 Å². The van der Waals surface area contributed by atoms with E-state index >= 15 is 0 Å². The summed E-state index contributed by atoms with van der Waals surface area (Å²) in [5, 5.41) is 5.86. The van der Waals surface area contributed by atoms with Crippen molar-refractivity contribution in [2.75, 3.05) is 13.2 Å².